The summed E-state index contributed by atoms with van der Waals surface area (Å²) in [6.45, 7) is 3.12. The van der Waals surface area contributed by atoms with Crippen LogP contribution in [0.25, 0.3) is 0 Å². The van der Waals surface area contributed by atoms with Crippen molar-refractivity contribution < 1.29 is 8.63 Å². The minimum absolute atomic E-state index is 0.194. The van der Waals surface area contributed by atoms with Crippen molar-refractivity contribution in [3.63, 3.8) is 0 Å². The summed E-state index contributed by atoms with van der Waals surface area (Å²) in [5, 5.41) is 0. The van der Waals surface area contributed by atoms with Gasteiger partial charge in [-0.05, 0) is 0 Å². The fraction of sp³-hybridized carbons (Fsp3) is 0.333. The van der Waals surface area contributed by atoms with E-state index in [1.807, 2.05) is 0 Å². The minimum Gasteiger partial charge on any atom is -0.287 e. The van der Waals surface area contributed by atoms with Crippen molar-refractivity contribution in [2.24, 2.45) is 0 Å². The van der Waals surface area contributed by atoms with E-state index in [4.69, 9.17) is 0 Å². The molecule has 0 aliphatic carbocycles. The zero-order chi connectivity index (χ0) is 4.99. The van der Waals surface area contributed by atoms with Gasteiger partial charge in [0, 0.05) is 6.32 Å². The van der Waals surface area contributed by atoms with Gasteiger partial charge in [0.15, 0.2) is 0 Å². The summed E-state index contributed by atoms with van der Waals surface area (Å²) in [6, 6.07) is 0. The van der Waals surface area contributed by atoms with Gasteiger partial charge >= 0.3 is 7.27 Å². The number of hydrogen-bond donors (Lipinski definition) is 0. The molecule has 3 heteroatoms. The van der Waals surface area contributed by atoms with Crippen molar-refractivity contribution in [2.75, 3.05) is 0 Å². The molecule has 0 aliphatic rings. The van der Waals surface area contributed by atoms with E-state index in [-0.39, 0.29) is 6.32 Å². The maximum atomic E-state index is 11.0. The lowest BCUT2D eigenvalue weighted by atomic mass is 9.94. The Bertz CT molecular complexity index is 44.1. The second-order valence-corrected chi connectivity index (χ2v) is 0.915. The first-order chi connectivity index (χ1) is 2.77. The Morgan fingerprint density at radius 2 is 2.17 bits per heavy atom. The lowest BCUT2D eigenvalue weighted by Gasteiger charge is -1.77. The predicted octanol–water partition coefficient (Wildman–Crippen LogP) is 1.60. The monoisotopic (exact) mass is 90.0 g/mol. The molecule has 0 saturated heterocycles. The van der Waals surface area contributed by atoms with Gasteiger partial charge in [-0.1, -0.05) is 6.08 Å². The molecule has 0 nitrogen and oxygen atoms in total. The average molecular weight is 89.9 g/mol. The van der Waals surface area contributed by atoms with Gasteiger partial charge in [0.2, 0.25) is 0 Å². The fourth-order valence-electron chi connectivity index (χ4n) is 0.126. The van der Waals surface area contributed by atoms with E-state index in [9.17, 15) is 8.63 Å². The third-order valence-electron chi connectivity index (χ3n) is 0.345. The standard InChI is InChI=1S/C3H5BF2/c1-2-3-4(5)6/h2H,1,3H2. The van der Waals surface area contributed by atoms with E-state index < -0.39 is 7.27 Å². The van der Waals surface area contributed by atoms with Crippen LogP contribution in [0.2, 0.25) is 6.32 Å². The summed E-state index contributed by atoms with van der Waals surface area (Å²) in [7, 11) is -2.22. The highest BCUT2D eigenvalue weighted by molar-refractivity contribution is 6.43. The third kappa shape index (κ3) is 3.66. The molecule has 0 atom stereocenters. The smallest absolute Gasteiger partial charge is 0.287 e. The molecule has 6 heavy (non-hydrogen) atoms. The van der Waals surface area contributed by atoms with Crippen molar-refractivity contribution in [2.45, 2.75) is 6.32 Å². The maximum Gasteiger partial charge on any atom is 0.541 e. The molecule has 0 rings (SSSR count). The Hall–Kier alpha value is -0.335. The van der Waals surface area contributed by atoms with Crippen LogP contribution < -0.4 is 0 Å². The summed E-state index contributed by atoms with van der Waals surface area (Å²) < 4.78 is 21.9. The van der Waals surface area contributed by atoms with Crippen LogP contribution >= 0.6 is 0 Å². The van der Waals surface area contributed by atoms with Gasteiger partial charge in [-0.3, -0.25) is 8.63 Å². The molecule has 0 radical (unpaired) electrons. The van der Waals surface area contributed by atoms with Crippen LogP contribution in [0, 0.1) is 0 Å². The highest BCUT2D eigenvalue weighted by Crippen LogP contribution is 1.92. The Labute approximate surface area is 36.0 Å². The quantitative estimate of drug-likeness (QED) is 0.356. The molecular formula is C3H5BF2. The highest BCUT2D eigenvalue weighted by atomic mass is 19.2. The van der Waals surface area contributed by atoms with Crippen LogP contribution in [0.3, 0.4) is 0 Å². The van der Waals surface area contributed by atoms with Gasteiger partial charge in [0.25, 0.3) is 0 Å². The molecule has 0 aliphatic heterocycles. The molecule has 0 heterocycles. The van der Waals surface area contributed by atoms with Gasteiger partial charge < -0.3 is 0 Å². The molecule has 0 saturated carbocycles. The maximum absolute atomic E-state index is 11.0. The lowest BCUT2D eigenvalue weighted by Crippen LogP contribution is -1.89. The SMILES string of the molecule is C=CCB(F)F. The molecule has 0 aromatic carbocycles. The first kappa shape index (κ1) is 5.66. The van der Waals surface area contributed by atoms with Crippen LogP contribution in [-0.2, 0) is 0 Å². The van der Waals surface area contributed by atoms with Crippen molar-refractivity contribution in [1.29, 1.82) is 0 Å². The largest absolute Gasteiger partial charge is 0.541 e. The zero-order valence-corrected chi connectivity index (χ0v) is 3.32. The van der Waals surface area contributed by atoms with Crippen molar-refractivity contribution in [3.05, 3.63) is 12.7 Å². The number of allylic oxidation sites excluding steroid dienone is 1. The summed E-state index contributed by atoms with van der Waals surface area (Å²) in [4.78, 5) is 0. The summed E-state index contributed by atoms with van der Waals surface area (Å²) in [5.41, 5.74) is 0. The molecule has 34 valence electrons. The molecule has 0 spiro atoms. The van der Waals surface area contributed by atoms with E-state index >= 15 is 0 Å². The van der Waals surface area contributed by atoms with Crippen LogP contribution in [0.1, 0.15) is 0 Å². The summed E-state index contributed by atoms with van der Waals surface area (Å²) >= 11 is 0. The van der Waals surface area contributed by atoms with Gasteiger partial charge in [-0.25, -0.2) is 0 Å². The Morgan fingerprint density at radius 3 is 2.17 bits per heavy atom. The first-order valence-electron chi connectivity index (χ1n) is 1.66. The number of halogens is 2. The second-order valence-electron chi connectivity index (χ2n) is 0.915. The van der Waals surface area contributed by atoms with E-state index in [2.05, 4.69) is 6.58 Å². The van der Waals surface area contributed by atoms with Crippen LogP contribution in [0.5, 0.6) is 0 Å². The second kappa shape index (κ2) is 2.88. The third-order valence-corrected chi connectivity index (χ3v) is 0.345. The van der Waals surface area contributed by atoms with Crippen LogP contribution in [0.15, 0.2) is 12.7 Å². The van der Waals surface area contributed by atoms with Gasteiger partial charge in [0.1, 0.15) is 0 Å². The molecule has 0 unspecified atom stereocenters. The van der Waals surface area contributed by atoms with Crippen molar-refractivity contribution in [1.82, 2.24) is 0 Å². The summed E-state index contributed by atoms with van der Waals surface area (Å²) in [5.74, 6) is 0. The Morgan fingerprint density at radius 1 is 1.67 bits per heavy atom. The van der Waals surface area contributed by atoms with Gasteiger partial charge in [-0.2, -0.15) is 0 Å². The molecular weight excluding hydrogens is 84.8 g/mol. The zero-order valence-electron chi connectivity index (χ0n) is 3.32. The van der Waals surface area contributed by atoms with Gasteiger partial charge in [0.05, 0.1) is 0 Å². The van der Waals surface area contributed by atoms with E-state index in [1.165, 1.54) is 6.08 Å². The van der Waals surface area contributed by atoms with Crippen molar-refractivity contribution in [3.8, 4) is 0 Å². The lowest BCUT2D eigenvalue weighted by molar-refractivity contribution is 0.664. The van der Waals surface area contributed by atoms with Crippen molar-refractivity contribution >= 4 is 7.27 Å². The first-order valence-corrected chi connectivity index (χ1v) is 1.66. The Balaban J connectivity index is 2.81. The molecule has 0 fully saturated rings. The van der Waals surface area contributed by atoms with Crippen LogP contribution in [0.4, 0.5) is 8.63 Å². The van der Waals surface area contributed by atoms with E-state index in [0.717, 1.165) is 0 Å². The van der Waals surface area contributed by atoms with E-state index in [1.54, 1.807) is 0 Å². The normalized spacial score (nSPS) is 7.67. The van der Waals surface area contributed by atoms with Crippen LogP contribution in [-0.4, -0.2) is 7.27 Å². The molecule has 0 bridgehead atoms. The van der Waals surface area contributed by atoms with Gasteiger partial charge in [-0.15, -0.1) is 6.58 Å². The average Bonchev–Trinajstić information content (AvgIpc) is 1.35. The topological polar surface area (TPSA) is 0 Å². The molecule has 0 aromatic rings. The number of hydrogen-bond acceptors (Lipinski definition) is 0. The molecule has 0 amide bonds. The predicted molar refractivity (Wildman–Crippen MR) is 23.0 cm³/mol. The summed E-state index contributed by atoms with van der Waals surface area (Å²) in [6.07, 6.45) is 1.00. The molecule has 0 N–H and O–H groups in total. The fourth-order valence-corrected chi connectivity index (χ4v) is 0.126. The molecule has 0 aromatic heterocycles. The minimum atomic E-state index is -2.22. The number of rotatable bonds is 2. The van der Waals surface area contributed by atoms with E-state index in [0.29, 0.717) is 0 Å². The highest BCUT2D eigenvalue weighted by Gasteiger charge is 2.05. The Kier molecular flexibility index (Phi) is 2.72.